The lowest BCUT2D eigenvalue weighted by molar-refractivity contribution is -0.147. The van der Waals surface area contributed by atoms with Gasteiger partial charge < -0.3 is 5.11 Å². The number of aliphatic carboxylic acids is 1. The van der Waals surface area contributed by atoms with Gasteiger partial charge in [0, 0.05) is 0 Å². The molecule has 0 aromatic heterocycles. The van der Waals surface area contributed by atoms with E-state index < -0.39 is 5.97 Å². The van der Waals surface area contributed by atoms with Gasteiger partial charge in [-0.05, 0) is 74.0 Å². The van der Waals surface area contributed by atoms with E-state index >= 15 is 0 Å². The maximum absolute atomic E-state index is 11.5. The maximum atomic E-state index is 11.5. The molecule has 0 amide bonds. The minimum Gasteiger partial charge on any atom is -0.481 e. The first-order chi connectivity index (χ1) is 8.47. The maximum Gasteiger partial charge on any atom is 0.306 e. The van der Waals surface area contributed by atoms with Crippen molar-refractivity contribution in [2.24, 2.45) is 35.0 Å². The van der Waals surface area contributed by atoms with E-state index in [1.54, 1.807) is 0 Å². The van der Waals surface area contributed by atoms with Gasteiger partial charge in [-0.25, -0.2) is 0 Å². The highest BCUT2D eigenvalue weighted by molar-refractivity contribution is 5.70. The fourth-order valence-corrected chi connectivity index (χ4v) is 5.61. The molecule has 2 heteroatoms. The van der Waals surface area contributed by atoms with Crippen LogP contribution in [0, 0.1) is 35.0 Å². The third-order valence-corrected chi connectivity index (χ3v) is 5.94. The standard InChI is InChI=1S/C16H26O2/c1-10(2)14(15(17)18)9-16-6-11-3-12(7-16)5-13(4-11)8-16/h10-14H,3-9H2,1-2H3,(H,17,18). The first-order valence-corrected chi connectivity index (χ1v) is 7.70. The van der Waals surface area contributed by atoms with Crippen molar-refractivity contribution in [2.45, 2.75) is 58.8 Å². The smallest absolute Gasteiger partial charge is 0.306 e. The Hall–Kier alpha value is -0.530. The molecule has 4 fully saturated rings. The van der Waals surface area contributed by atoms with Gasteiger partial charge in [-0.3, -0.25) is 4.79 Å². The van der Waals surface area contributed by atoms with Crippen molar-refractivity contribution in [1.29, 1.82) is 0 Å². The van der Waals surface area contributed by atoms with Gasteiger partial charge >= 0.3 is 5.97 Å². The van der Waals surface area contributed by atoms with Crippen molar-refractivity contribution >= 4 is 5.97 Å². The summed E-state index contributed by atoms with van der Waals surface area (Å²) in [6.07, 6.45) is 9.26. The van der Waals surface area contributed by atoms with E-state index in [4.69, 9.17) is 0 Å². The lowest BCUT2D eigenvalue weighted by Gasteiger charge is -2.57. The molecule has 0 heterocycles. The van der Waals surface area contributed by atoms with Crippen LogP contribution < -0.4 is 0 Å². The molecule has 0 aliphatic heterocycles. The summed E-state index contributed by atoms with van der Waals surface area (Å²) < 4.78 is 0. The van der Waals surface area contributed by atoms with Crippen LogP contribution in [0.2, 0.25) is 0 Å². The zero-order valence-electron chi connectivity index (χ0n) is 11.7. The predicted molar refractivity (Wildman–Crippen MR) is 71.2 cm³/mol. The van der Waals surface area contributed by atoms with Gasteiger partial charge in [0.15, 0.2) is 0 Å². The molecule has 0 aromatic carbocycles. The highest BCUT2D eigenvalue weighted by Gasteiger charge is 2.52. The summed E-state index contributed by atoms with van der Waals surface area (Å²) in [5.41, 5.74) is 0.405. The molecule has 4 saturated carbocycles. The van der Waals surface area contributed by atoms with Crippen molar-refractivity contribution in [1.82, 2.24) is 0 Å². The minimum absolute atomic E-state index is 0.124. The number of hydrogen-bond donors (Lipinski definition) is 1. The summed E-state index contributed by atoms with van der Waals surface area (Å²) in [4.78, 5) is 11.5. The van der Waals surface area contributed by atoms with Crippen LogP contribution >= 0.6 is 0 Å². The Balaban J connectivity index is 1.77. The van der Waals surface area contributed by atoms with Gasteiger partial charge in [-0.2, -0.15) is 0 Å². The van der Waals surface area contributed by atoms with Gasteiger partial charge in [-0.15, -0.1) is 0 Å². The van der Waals surface area contributed by atoms with Crippen molar-refractivity contribution in [3.8, 4) is 0 Å². The van der Waals surface area contributed by atoms with Crippen LogP contribution in [0.5, 0.6) is 0 Å². The Labute approximate surface area is 110 Å². The van der Waals surface area contributed by atoms with Crippen LogP contribution in [0.3, 0.4) is 0 Å². The molecule has 0 aromatic rings. The zero-order chi connectivity index (χ0) is 12.9. The van der Waals surface area contributed by atoms with Gasteiger partial charge in [0.25, 0.3) is 0 Å². The van der Waals surface area contributed by atoms with Crippen LogP contribution in [0.15, 0.2) is 0 Å². The summed E-state index contributed by atoms with van der Waals surface area (Å²) in [6, 6.07) is 0. The molecular weight excluding hydrogens is 224 g/mol. The number of carboxylic acid groups (broad SMARTS) is 1. The number of carbonyl (C=O) groups is 1. The molecule has 0 radical (unpaired) electrons. The summed E-state index contributed by atoms with van der Waals surface area (Å²) in [6.45, 7) is 4.14. The molecule has 102 valence electrons. The molecule has 4 bridgehead atoms. The van der Waals surface area contributed by atoms with Gasteiger partial charge in [-0.1, -0.05) is 13.8 Å². The normalized spacial score (nSPS) is 43.4. The van der Waals surface area contributed by atoms with E-state index in [9.17, 15) is 9.90 Å². The summed E-state index contributed by atoms with van der Waals surface area (Å²) in [5, 5.41) is 9.45. The highest BCUT2D eigenvalue weighted by atomic mass is 16.4. The molecule has 4 rings (SSSR count). The second-order valence-electron chi connectivity index (χ2n) is 7.81. The number of carboxylic acids is 1. The Morgan fingerprint density at radius 1 is 1.11 bits per heavy atom. The Morgan fingerprint density at radius 2 is 1.56 bits per heavy atom. The molecule has 4 aliphatic rings. The molecule has 0 saturated heterocycles. The molecular formula is C16H26O2. The largest absolute Gasteiger partial charge is 0.481 e. The van der Waals surface area contributed by atoms with Crippen LogP contribution in [-0.2, 0) is 4.79 Å². The first-order valence-electron chi connectivity index (χ1n) is 7.70. The van der Waals surface area contributed by atoms with E-state index in [0.29, 0.717) is 5.41 Å². The number of rotatable bonds is 4. The van der Waals surface area contributed by atoms with Crippen molar-refractivity contribution in [3.05, 3.63) is 0 Å². The van der Waals surface area contributed by atoms with Crippen LogP contribution in [0.4, 0.5) is 0 Å². The Bertz CT molecular complexity index is 310. The highest BCUT2D eigenvalue weighted by Crippen LogP contribution is 2.62. The average Bonchev–Trinajstić information content (AvgIpc) is 2.23. The fraction of sp³-hybridized carbons (Fsp3) is 0.938. The van der Waals surface area contributed by atoms with E-state index in [1.165, 1.54) is 38.5 Å². The van der Waals surface area contributed by atoms with Crippen LogP contribution in [-0.4, -0.2) is 11.1 Å². The Kier molecular flexibility index (Phi) is 2.95. The monoisotopic (exact) mass is 250 g/mol. The molecule has 2 nitrogen and oxygen atoms in total. The molecule has 0 spiro atoms. The molecule has 1 N–H and O–H groups in total. The summed E-state index contributed by atoms with van der Waals surface area (Å²) in [7, 11) is 0. The van der Waals surface area contributed by atoms with Crippen LogP contribution in [0.1, 0.15) is 58.8 Å². The summed E-state index contributed by atoms with van der Waals surface area (Å²) in [5.74, 6) is 2.37. The third kappa shape index (κ3) is 2.08. The van der Waals surface area contributed by atoms with Crippen molar-refractivity contribution < 1.29 is 9.90 Å². The zero-order valence-corrected chi connectivity index (χ0v) is 11.7. The minimum atomic E-state index is -0.569. The molecule has 1 unspecified atom stereocenters. The van der Waals surface area contributed by atoms with Gasteiger partial charge in [0.1, 0.15) is 0 Å². The van der Waals surface area contributed by atoms with Crippen molar-refractivity contribution in [3.63, 3.8) is 0 Å². The first kappa shape index (κ1) is 12.5. The second-order valence-corrected chi connectivity index (χ2v) is 7.81. The van der Waals surface area contributed by atoms with E-state index in [1.807, 2.05) is 0 Å². The molecule has 1 atom stereocenters. The number of hydrogen-bond acceptors (Lipinski definition) is 1. The average molecular weight is 250 g/mol. The third-order valence-electron chi connectivity index (χ3n) is 5.94. The second kappa shape index (κ2) is 4.25. The van der Waals surface area contributed by atoms with Crippen molar-refractivity contribution in [2.75, 3.05) is 0 Å². The SMILES string of the molecule is CC(C)C(CC12CC3CC(CC(C3)C1)C2)C(=O)O. The van der Waals surface area contributed by atoms with Gasteiger partial charge in [0.05, 0.1) is 5.92 Å². The summed E-state index contributed by atoms with van der Waals surface area (Å²) >= 11 is 0. The predicted octanol–water partition coefficient (Wildman–Crippen LogP) is 3.95. The van der Waals surface area contributed by atoms with E-state index in [2.05, 4.69) is 13.8 Å². The lowest BCUT2D eigenvalue weighted by Crippen LogP contribution is -2.47. The van der Waals surface area contributed by atoms with Gasteiger partial charge in [0.2, 0.25) is 0 Å². The van der Waals surface area contributed by atoms with Crippen LogP contribution in [0.25, 0.3) is 0 Å². The Morgan fingerprint density at radius 3 is 1.89 bits per heavy atom. The fourth-order valence-electron chi connectivity index (χ4n) is 5.61. The van der Waals surface area contributed by atoms with E-state index in [0.717, 1.165) is 24.2 Å². The topological polar surface area (TPSA) is 37.3 Å². The molecule has 4 aliphatic carbocycles. The quantitative estimate of drug-likeness (QED) is 0.820. The van der Waals surface area contributed by atoms with E-state index in [-0.39, 0.29) is 11.8 Å². The lowest BCUT2D eigenvalue weighted by atomic mass is 9.48. The molecule has 18 heavy (non-hydrogen) atoms.